The molecule has 0 saturated heterocycles. The number of aromatic amines is 1. The Bertz CT molecular complexity index is 777. The van der Waals surface area contributed by atoms with Gasteiger partial charge in [-0.1, -0.05) is 12.1 Å². The Morgan fingerprint density at radius 1 is 1.25 bits per heavy atom. The molecule has 3 aromatic rings. The lowest BCUT2D eigenvalue weighted by Crippen LogP contribution is -2.13. The number of rotatable bonds is 3. The molecule has 20 heavy (non-hydrogen) atoms. The fourth-order valence-corrected chi connectivity index (χ4v) is 2.19. The maximum absolute atomic E-state index is 12.9. The number of pyridine rings is 1. The summed E-state index contributed by atoms with van der Waals surface area (Å²) in [5.74, 6) is -0.670. The van der Waals surface area contributed by atoms with Gasteiger partial charge in [-0.25, -0.2) is 9.37 Å². The number of nitrogens with two attached hydrogens (primary N) is 1. The second kappa shape index (κ2) is 4.77. The first kappa shape index (κ1) is 12.3. The van der Waals surface area contributed by atoms with Crippen molar-refractivity contribution < 1.29 is 9.18 Å². The first-order valence-corrected chi connectivity index (χ1v) is 6.14. The van der Waals surface area contributed by atoms with Crippen molar-refractivity contribution in [1.82, 2.24) is 9.97 Å². The molecule has 1 aromatic carbocycles. The first-order valence-electron chi connectivity index (χ1n) is 6.14. The van der Waals surface area contributed by atoms with Crippen LogP contribution in [0.3, 0.4) is 0 Å². The van der Waals surface area contributed by atoms with E-state index in [-0.39, 0.29) is 12.2 Å². The minimum absolute atomic E-state index is 0.161. The van der Waals surface area contributed by atoms with Gasteiger partial charge in [-0.15, -0.1) is 0 Å². The predicted octanol–water partition coefficient (Wildman–Crippen LogP) is 2.40. The third kappa shape index (κ3) is 2.25. The van der Waals surface area contributed by atoms with Crippen LogP contribution < -0.4 is 5.73 Å². The predicted molar refractivity (Wildman–Crippen MR) is 74.4 cm³/mol. The van der Waals surface area contributed by atoms with Crippen molar-refractivity contribution in [1.29, 1.82) is 0 Å². The number of primary amides is 1. The molecule has 100 valence electrons. The van der Waals surface area contributed by atoms with Gasteiger partial charge in [-0.05, 0) is 29.3 Å². The quantitative estimate of drug-likeness (QED) is 0.766. The highest BCUT2D eigenvalue weighted by molar-refractivity contribution is 5.88. The Morgan fingerprint density at radius 3 is 2.70 bits per heavy atom. The lowest BCUT2D eigenvalue weighted by Gasteiger charge is -2.02. The van der Waals surface area contributed by atoms with Crippen molar-refractivity contribution in [2.45, 2.75) is 6.42 Å². The minimum atomic E-state index is -0.391. The van der Waals surface area contributed by atoms with Crippen molar-refractivity contribution in [3.05, 3.63) is 54.1 Å². The number of hydrogen-bond donors (Lipinski definition) is 2. The Labute approximate surface area is 114 Å². The molecule has 0 radical (unpaired) electrons. The fourth-order valence-electron chi connectivity index (χ4n) is 2.19. The van der Waals surface area contributed by atoms with E-state index in [1.807, 2.05) is 6.07 Å². The summed E-state index contributed by atoms with van der Waals surface area (Å²) < 4.78 is 12.9. The van der Waals surface area contributed by atoms with Crippen molar-refractivity contribution in [3.63, 3.8) is 0 Å². The molecule has 0 bridgehead atoms. The molecule has 3 N–H and O–H groups in total. The number of aromatic nitrogens is 2. The number of benzene rings is 1. The summed E-state index contributed by atoms with van der Waals surface area (Å²) in [5, 5.41) is 0.852. The van der Waals surface area contributed by atoms with Crippen LogP contribution in [0.2, 0.25) is 0 Å². The zero-order chi connectivity index (χ0) is 14.1. The lowest BCUT2D eigenvalue weighted by atomic mass is 10.0. The number of fused-ring (bicyclic) bond motifs is 1. The highest BCUT2D eigenvalue weighted by atomic mass is 19.1. The van der Waals surface area contributed by atoms with E-state index < -0.39 is 5.91 Å². The van der Waals surface area contributed by atoms with E-state index in [0.29, 0.717) is 5.65 Å². The summed E-state index contributed by atoms with van der Waals surface area (Å²) in [4.78, 5) is 18.4. The van der Waals surface area contributed by atoms with Crippen LogP contribution in [0.1, 0.15) is 5.56 Å². The van der Waals surface area contributed by atoms with Gasteiger partial charge in [0, 0.05) is 23.3 Å². The molecule has 2 heterocycles. The van der Waals surface area contributed by atoms with E-state index >= 15 is 0 Å². The summed E-state index contributed by atoms with van der Waals surface area (Å²) in [6, 6.07) is 8.11. The molecule has 0 aliphatic heterocycles. The number of nitrogens with zero attached hydrogens (tertiary/aromatic N) is 1. The van der Waals surface area contributed by atoms with Crippen LogP contribution in [-0.4, -0.2) is 15.9 Å². The summed E-state index contributed by atoms with van der Waals surface area (Å²) >= 11 is 0. The van der Waals surface area contributed by atoms with Crippen LogP contribution in [0, 0.1) is 5.82 Å². The number of halogens is 1. The van der Waals surface area contributed by atoms with Gasteiger partial charge in [-0.2, -0.15) is 0 Å². The van der Waals surface area contributed by atoms with E-state index in [2.05, 4.69) is 9.97 Å². The topological polar surface area (TPSA) is 71.8 Å². The Balaban J connectivity index is 2.09. The maximum Gasteiger partial charge on any atom is 0.221 e. The van der Waals surface area contributed by atoms with E-state index in [0.717, 1.165) is 22.1 Å². The van der Waals surface area contributed by atoms with Gasteiger partial charge in [0.1, 0.15) is 11.5 Å². The molecule has 4 nitrogen and oxygen atoms in total. The highest BCUT2D eigenvalue weighted by Gasteiger charge is 2.09. The van der Waals surface area contributed by atoms with Gasteiger partial charge in [0.2, 0.25) is 5.91 Å². The first-order chi connectivity index (χ1) is 9.63. The van der Waals surface area contributed by atoms with Gasteiger partial charge in [0.25, 0.3) is 0 Å². The molecule has 0 aliphatic rings. The Morgan fingerprint density at radius 2 is 2.00 bits per heavy atom. The number of nitrogens with one attached hydrogen (secondary N) is 1. The second-order valence-corrected chi connectivity index (χ2v) is 4.58. The molecule has 1 amide bonds. The molecule has 5 heteroatoms. The van der Waals surface area contributed by atoms with Crippen LogP contribution in [0.25, 0.3) is 22.2 Å². The monoisotopic (exact) mass is 269 g/mol. The maximum atomic E-state index is 12.9. The molecule has 0 spiro atoms. The van der Waals surface area contributed by atoms with E-state index in [1.54, 1.807) is 24.5 Å². The third-order valence-corrected chi connectivity index (χ3v) is 3.16. The Hall–Kier alpha value is -2.69. The highest BCUT2D eigenvalue weighted by Crippen LogP contribution is 2.25. The second-order valence-electron chi connectivity index (χ2n) is 4.58. The van der Waals surface area contributed by atoms with Crippen molar-refractivity contribution >= 4 is 16.9 Å². The van der Waals surface area contributed by atoms with Gasteiger partial charge < -0.3 is 10.7 Å². The average Bonchev–Trinajstić information content (AvgIpc) is 2.81. The van der Waals surface area contributed by atoms with Crippen LogP contribution >= 0.6 is 0 Å². The minimum Gasteiger partial charge on any atom is -0.369 e. The van der Waals surface area contributed by atoms with Gasteiger partial charge >= 0.3 is 0 Å². The zero-order valence-electron chi connectivity index (χ0n) is 10.6. The zero-order valence-corrected chi connectivity index (χ0v) is 10.6. The van der Waals surface area contributed by atoms with Crippen LogP contribution in [0.15, 0.2) is 42.7 Å². The van der Waals surface area contributed by atoms with E-state index in [9.17, 15) is 9.18 Å². The largest absolute Gasteiger partial charge is 0.369 e. The third-order valence-electron chi connectivity index (χ3n) is 3.16. The molecule has 0 saturated carbocycles. The summed E-state index contributed by atoms with van der Waals surface area (Å²) in [7, 11) is 0. The molecule has 0 aliphatic carbocycles. The number of carbonyl (C=O) groups excluding carboxylic acids is 1. The summed E-state index contributed by atoms with van der Waals surface area (Å²) in [5.41, 5.74) is 8.47. The average molecular weight is 269 g/mol. The lowest BCUT2D eigenvalue weighted by molar-refractivity contribution is -0.117. The van der Waals surface area contributed by atoms with Crippen molar-refractivity contribution in [2.75, 3.05) is 0 Å². The van der Waals surface area contributed by atoms with Gasteiger partial charge in [-0.3, -0.25) is 4.79 Å². The molecule has 3 rings (SSSR count). The molecular weight excluding hydrogens is 257 g/mol. The number of hydrogen-bond acceptors (Lipinski definition) is 2. The Kier molecular flexibility index (Phi) is 2.95. The van der Waals surface area contributed by atoms with Crippen molar-refractivity contribution in [2.24, 2.45) is 5.73 Å². The fraction of sp³-hybridized carbons (Fsp3) is 0.0667. The molecule has 0 unspecified atom stereocenters. The number of H-pyrrole nitrogens is 1. The van der Waals surface area contributed by atoms with E-state index in [4.69, 9.17) is 5.73 Å². The normalized spacial score (nSPS) is 10.8. The van der Waals surface area contributed by atoms with Crippen LogP contribution in [0.5, 0.6) is 0 Å². The molecule has 2 aromatic heterocycles. The van der Waals surface area contributed by atoms with Crippen LogP contribution in [0.4, 0.5) is 4.39 Å². The smallest absolute Gasteiger partial charge is 0.221 e. The van der Waals surface area contributed by atoms with Crippen molar-refractivity contribution in [3.8, 4) is 11.1 Å². The standard InChI is InChI=1S/C15H12FN3O/c16-12-3-1-9(2-4-12)10-5-13-11(6-14(17)20)8-19-15(13)18-7-10/h1-5,7-8H,6H2,(H2,17,20)(H,18,19). The van der Waals surface area contributed by atoms with E-state index in [1.165, 1.54) is 12.1 Å². The SMILES string of the molecule is NC(=O)Cc1c[nH]c2ncc(-c3ccc(F)cc3)cc12. The van der Waals surface area contributed by atoms with Gasteiger partial charge in [0.05, 0.1) is 6.42 Å². The number of carbonyl (C=O) groups is 1. The summed E-state index contributed by atoms with van der Waals surface area (Å²) in [6.07, 6.45) is 3.60. The number of amides is 1. The molecule has 0 fully saturated rings. The summed E-state index contributed by atoms with van der Waals surface area (Å²) in [6.45, 7) is 0. The molecular formula is C15H12FN3O. The molecule has 0 atom stereocenters. The van der Waals surface area contributed by atoms with Crippen LogP contribution in [-0.2, 0) is 11.2 Å². The van der Waals surface area contributed by atoms with Gasteiger partial charge in [0.15, 0.2) is 0 Å².